The van der Waals surface area contributed by atoms with Crippen molar-refractivity contribution in [2.24, 2.45) is 0 Å². The highest BCUT2D eigenvalue weighted by atomic mass is 16.5. The molecule has 2 unspecified atom stereocenters. The van der Waals surface area contributed by atoms with Crippen molar-refractivity contribution >= 4 is 0 Å². The van der Waals surface area contributed by atoms with Gasteiger partial charge in [0.1, 0.15) is 0 Å². The Balaban J connectivity index is 1.78. The zero-order valence-corrected chi connectivity index (χ0v) is 10.7. The normalized spacial score (nSPS) is 23.0. The second kappa shape index (κ2) is 6.77. The summed E-state index contributed by atoms with van der Waals surface area (Å²) in [5.74, 6) is 0. The van der Waals surface area contributed by atoms with Gasteiger partial charge in [-0.05, 0) is 38.2 Å². The lowest BCUT2D eigenvalue weighted by Crippen LogP contribution is -2.37. The van der Waals surface area contributed by atoms with E-state index in [-0.39, 0.29) is 0 Å². The van der Waals surface area contributed by atoms with E-state index in [1.165, 1.54) is 18.4 Å². The summed E-state index contributed by atoms with van der Waals surface area (Å²) < 4.78 is 5.48. The standard InChI is InChI=1S/C15H23NO/c1-13(12-14-6-3-2-4-7-14)16-15-8-5-10-17-11-9-15/h2-4,6-7,13,15-16H,5,8-12H2,1H3. The minimum Gasteiger partial charge on any atom is -0.381 e. The number of benzene rings is 1. The van der Waals surface area contributed by atoms with Crippen molar-refractivity contribution in [2.45, 2.75) is 44.7 Å². The van der Waals surface area contributed by atoms with E-state index in [1.807, 2.05) is 0 Å². The third kappa shape index (κ3) is 4.49. The maximum Gasteiger partial charge on any atom is 0.0480 e. The van der Waals surface area contributed by atoms with Gasteiger partial charge in [0, 0.05) is 25.3 Å². The lowest BCUT2D eigenvalue weighted by molar-refractivity contribution is 0.142. The molecule has 1 saturated heterocycles. The van der Waals surface area contributed by atoms with Crippen LogP contribution in [0, 0.1) is 0 Å². The molecule has 17 heavy (non-hydrogen) atoms. The molecule has 2 nitrogen and oxygen atoms in total. The van der Waals surface area contributed by atoms with Crippen LogP contribution < -0.4 is 5.32 Å². The molecule has 1 aromatic carbocycles. The van der Waals surface area contributed by atoms with Crippen LogP contribution in [0.15, 0.2) is 30.3 Å². The Morgan fingerprint density at radius 1 is 1.24 bits per heavy atom. The van der Waals surface area contributed by atoms with Crippen molar-refractivity contribution in [3.8, 4) is 0 Å². The summed E-state index contributed by atoms with van der Waals surface area (Å²) >= 11 is 0. The van der Waals surface area contributed by atoms with Crippen molar-refractivity contribution in [3.63, 3.8) is 0 Å². The van der Waals surface area contributed by atoms with Gasteiger partial charge in [-0.1, -0.05) is 30.3 Å². The van der Waals surface area contributed by atoms with Crippen LogP contribution in [0.3, 0.4) is 0 Å². The van der Waals surface area contributed by atoms with Crippen molar-refractivity contribution in [1.82, 2.24) is 5.32 Å². The molecular formula is C15H23NO. The number of hydrogen-bond donors (Lipinski definition) is 1. The summed E-state index contributed by atoms with van der Waals surface area (Å²) in [7, 11) is 0. The first-order valence-corrected chi connectivity index (χ1v) is 6.72. The van der Waals surface area contributed by atoms with E-state index >= 15 is 0 Å². The highest BCUT2D eigenvalue weighted by Gasteiger charge is 2.14. The molecule has 2 heteroatoms. The van der Waals surface area contributed by atoms with Gasteiger partial charge < -0.3 is 10.1 Å². The van der Waals surface area contributed by atoms with Crippen LogP contribution in [0.2, 0.25) is 0 Å². The summed E-state index contributed by atoms with van der Waals surface area (Å²) in [5, 5.41) is 3.73. The van der Waals surface area contributed by atoms with E-state index < -0.39 is 0 Å². The van der Waals surface area contributed by atoms with Gasteiger partial charge in [-0.2, -0.15) is 0 Å². The van der Waals surface area contributed by atoms with Crippen molar-refractivity contribution in [1.29, 1.82) is 0 Å². The van der Waals surface area contributed by atoms with E-state index in [0.717, 1.165) is 26.1 Å². The average Bonchev–Trinajstić information content (AvgIpc) is 2.59. The lowest BCUT2D eigenvalue weighted by Gasteiger charge is -2.21. The molecule has 1 heterocycles. The molecule has 0 bridgehead atoms. The Bertz CT molecular complexity index is 304. The Labute approximate surface area is 104 Å². The number of ether oxygens (including phenoxy) is 1. The van der Waals surface area contributed by atoms with Crippen molar-refractivity contribution < 1.29 is 4.74 Å². The fourth-order valence-electron chi connectivity index (χ4n) is 2.50. The molecule has 1 aliphatic rings. The van der Waals surface area contributed by atoms with E-state index in [9.17, 15) is 0 Å². The molecule has 0 amide bonds. The molecule has 2 rings (SSSR count). The van der Waals surface area contributed by atoms with Gasteiger partial charge in [-0.25, -0.2) is 0 Å². The predicted molar refractivity (Wildman–Crippen MR) is 71.2 cm³/mol. The molecule has 0 radical (unpaired) electrons. The topological polar surface area (TPSA) is 21.3 Å². The Morgan fingerprint density at radius 2 is 2.06 bits per heavy atom. The Hall–Kier alpha value is -0.860. The zero-order valence-electron chi connectivity index (χ0n) is 10.7. The smallest absolute Gasteiger partial charge is 0.0480 e. The third-order valence-electron chi connectivity index (χ3n) is 3.36. The summed E-state index contributed by atoms with van der Waals surface area (Å²) in [4.78, 5) is 0. The second-order valence-electron chi connectivity index (χ2n) is 5.00. The molecule has 2 atom stereocenters. The van der Waals surface area contributed by atoms with Gasteiger partial charge in [0.2, 0.25) is 0 Å². The van der Waals surface area contributed by atoms with Gasteiger partial charge in [0.25, 0.3) is 0 Å². The van der Waals surface area contributed by atoms with Gasteiger partial charge in [-0.3, -0.25) is 0 Å². The van der Waals surface area contributed by atoms with E-state index in [2.05, 4.69) is 42.6 Å². The van der Waals surface area contributed by atoms with Crippen LogP contribution in [-0.2, 0) is 11.2 Å². The Kier molecular flexibility index (Phi) is 5.02. The van der Waals surface area contributed by atoms with Gasteiger partial charge in [0.15, 0.2) is 0 Å². The Morgan fingerprint density at radius 3 is 2.88 bits per heavy atom. The average molecular weight is 233 g/mol. The molecule has 0 aromatic heterocycles. The van der Waals surface area contributed by atoms with Crippen LogP contribution in [0.25, 0.3) is 0 Å². The summed E-state index contributed by atoms with van der Waals surface area (Å²) in [6.45, 7) is 4.12. The molecule has 0 spiro atoms. The molecule has 1 aromatic rings. The predicted octanol–water partition coefficient (Wildman–Crippen LogP) is 2.78. The first-order chi connectivity index (χ1) is 8.34. The number of rotatable bonds is 4. The van der Waals surface area contributed by atoms with Gasteiger partial charge >= 0.3 is 0 Å². The molecule has 1 fully saturated rings. The SMILES string of the molecule is CC(Cc1ccccc1)NC1CCCOCC1. The van der Waals surface area contributed by atoms with Crippen molar-refractivity contribution in [3.05, 3.63) is 35.9 Å². The van der Waals surface area contributed by atoms with Crippen LogP contribution in [0.1, 0.15) is 31.7 Å². The summed E-state index contributed by atoms with van der Waals surface area (Å²) in [6.07, 6.45) is 4.70. The van der Waals surface area contributed by atoms with Crippen molar-refractivity contribution in [2.75, 3.05) is 13.2 Å². The monoisotopic (exact) mass is 233 g/mol. The fourth-order valence-corrected chi connectivity index (χ4v) is 2.50. The first-order valence-electron chi connectivity index (χ1n) is 6.72. The number of hydrogen-bond acceptors (Lipinski definition) is 2. The lowest BCUT2D eigenvalue weighted by atomic mass is 10.0. The van der Waals surface area contributed by atoms with Crippen LogP contribution in [0.4, 0.5) is 0 Å². The fraction of sp³-hybridized carbons (Fsp3) is 0.600. The van der Waals surface area contributed by atoms with Crippen LogP contribution in [0.5, 0.6) is 0 Å². The minimum absolute atomic E-state index is 0.542. The maximum atomic E-state index is 5.48. The molecule has 0 aliphatic carbocycles. The highest BCUT2D eigenvalue weighted by molar-refractivity contribution is 5.15. The largest absolute Gasteiger partial charge is 0.381 e. The van der Waals surface area contributed by atoms with E-state index in [0.29, 0.717) is 12.1 Å². The minimum atomic E-state index is 0.542. The molecule has 0 saturated carbocycles. The molecule has 1 aliphatic heterocycles. The first kappa shape index (κ1) is 12.6. The zero-order chi connectivity index (χ0) is 11.9. The van der Waals surface area contributed by atoms with Crippen LogP contribution >= 0.6 is 0 Å². The summed E-state index contributed by atoms with van der Waals surface area (Å²) in [5.41, 5.74) is 1.41. The molecule has 1 N–H and O–H groups in total. The van der Waals surface area contributed by atoms with Gasteiger partial charge in [0.05, 0.1) is 0 Å². The van der Waals surface area contributed by atoms with Gasteiger partial charge in [-0.15, -0.1) is 0 Å². The summed E-state index contributed by atoms with van der Waals surface area (Å²) in [6, 6.07) is 11.9. The number of nitrogens with one attached hydrogen (secondary N) is 1. The second-order valence-corrected chi connectivity index (χ2v) is 5.00. The quantitative estimate of drug-likeness (QED) is 0.863. The third-order valence-corrected chi connectivity index (χ3v) is 3.36. The van der Waals surface area contributed by atoms with Crippen LogP contribution in [-0.4, -0.2) is 25.3 Å². The molecular weight excluding hydrogens is 210 g/mol. The van der Waals surface area contributed by atoms with E-state index in [1.54, 1.807) is 0 Å². The molecule has 94 valence electrons. The maximum absolute atomic E-state index is 5.48. The van der Waals surface area contributed by atoms with E-state index in [4.69, 9.17) is 4.74 Å². The highest BCUT2D eigenvalue weighted by Crippen LogP contribution is 2.10.